The summed E-state index contributed by atoms with van der Waals surface area (Å²) >= 11 is 5.64. The number of hydrogen-bond donors (Lipinski definition) is 0. The zero-order valence-electron chi connectivity index (χ0n) is 11.2. The third-order valence-electron chi connectivity index (χ3n) is 3.55. The van der Waals surface area contributed by atoms with Gasteiger partial charge in [-0.15, -0.1) is 0 Å². The summed E-state index contributed by atoms with van der Waals surface area (Å²) < 4.78 is 13.3. The van der Waals surface area contributed by atoms with Crippen molar-refractivity contribution < 1.29 is 9.18 Å². The average molecular weight is 306 g/mol. The van der Waals surface area contributed by atoms with Gasteiger partial charge in [-0.25, -0.2) is 14.4 Å². The second-order valence-electron chi connectivity index (χ2n) is 4.99. The summed E-state index contributed by atoms with van der Waals surface area (Å²) in [6.45, 7) is 1.07. The maximum absolute atomic E-state index is 13.3. The molecular formula is C15H13ClFN3O. The highest BCUT2D eigenvalue weighted by atomic mass is 35.5. The van der Waals surface area contributed by atoms with E-state index in [1.807, 2.05) is 0 Å². The zero-order valence-corrected chi connectivity index (χ0v) is 12.0. The fraction of sp³-hybridized carbons (Fsp3) is 0.267. The molecule has 0 spiro atoms. The van der Waals surface area contributed by atoms with Crippen LogP contribution in [0.5, 0.6) is 0 Å². The first-order chi connectivity index (χ1) is 10.1. The molecule has 1 aliphatic heterocycles. The molecule has 0 fully saturated rings. The second kappa shape index (κ2) is 5.77. The minimum absolute atomic E-state index is 0.0309. The number of nitrogens with zero attached hydrogens (tertiary/aromatic N) is 3. The Morgan fingerprint density at radius 1 is 1.38 bits per heavy atom. The normalized spacial score (nSPS) is 13.3. The summed E-state index contributed by atoms with van der Waals surface area (Å²) in [7, 11) is 0. The fourth-order valence-corrected chi connectivity index (χ4v) is 2.50. The van der Waals surface area contributed by atoms with Crippen LogP contribution in [0.25, 0.3) is 0 Å². The summed E-state index contributed by atoms with van der Waals surface area (Å²) in [6.07, 6.45) is 4.06. The lowest BCUT2D eigenvalue weighted by atomic mass is 10.1. The minimum Gasteiger partial charge on any atom is -0.332 e. The topological polar surface area (TPSA) is 46.1 Å². The van der Waals surface area contributed by atoms with Gasteiger partial charge in [0.05, 0.1) is 17.3 Å². The molecule has 0 N–H and O–H groups in total. The second-order valence-corrected chi connectivity index (χ2v) is 5.40. The number of benzene rings is 1. The van der Waals surface area contributed by atoms with E-state index in [4.69, 9.17) is 11.6 Å². The SMILES string of the molecule is O=C(CCc1ccc(Cl)c(F)c1)N1Cc2cncnc2C1. The molecule has 1 aliphatic rings. The van der Waals surface area contributed by atoms with Gasteiger partial charge in [0.25, 0.3) is 0 Å². The first kappa shape index (κ1) is 13.9. The number of rotatable bonds is 3. The van der Waals surface area contributed by atoms with Crippen molar-refractivity contribution in [3.8, 4) is 0 Å². The van der Waals surface area contributed by atoms with E-state index in [0.29, 0.717) is 25.9 Å². The van der Waals surface area contributed by atoms with Gasteiger partial charge in [-0.1, -0.05) is 17.7 Å². The molecular weight excluding hydrogens is 293 g/mol. The highest BCUT2D eigenvalue weighted by Gasteiger charge is 2.23. The number of fused-ring (bicyclic) bond motifs is 1. The minimum atomic E-state index is -0.453. The van der Waals surface area contributed by atoms with E-state index in [9.17, 15) is 9.18 Å². The fourth-order valence-electron chi connectivity index (χ4n) is 2.38. The van der Waals surface area contributed by atoms with Crippen LogP contribution in [0, 0.1) is 5.82 Å². The lowest BCUT2D eigenvalue weighted by molar-refractivity contribution is -0.131. The first-order valence-corrected chi connectivity index (χ1v) is 7.01. The standard InChI is InChI=1S/C15H13ClFN3O/c16-12-3-1-10(5-13(12)17)2-4-15(21)20-7-11-6-18-9-19-14(11)8-20/h1,3,5-6,9H,2,4,7-8H2. The van der Waals surface area contributed by atoms with Crippen LogP contribution in [-0.4, -0.2) is 20.8 Å². The molecule has 0 saturated carbocycles. The Labute approximate surface area is 126 Å². The van der Waals surface area contributed by atoms with E-state index < -0.39 is 5.82 Å². The van der Waals surface area contributed by atoms with Gasteiger partial charge >= 0.3 is 0 Å². The van der Waals surface area contributed by atoms with Crippen LogP contribution in [0.1, 0.15) is 23.2 Å². The summed E-state index contributed by atoms with van der Waals surface area (Å²) in [5, 5.41) is 0.0960. The Morgan fingerprint density at radius 2 is 2.24 bits per heavy atom. The van der Waals surface area contributed by atoms with E-state index in [1.165, 1.54) is 18.5 Å². The number of carbonyl (C=O) groups excluding carboxylic acids is 1. The van der Waals surface area contributed by atoms with Crippen molar-refractivity contribution in [2.24, 2.45) is 0 Å². The van der Waals surface area contributed by atoms with E-state index in [2.05, 4.69) is 9.97 Å². The summed E-state index contributed by atoms with van der Waals surface area (Å²) in [5.41, 5.74) is 2.65. The molecule has 1 aromatic carbocycles. The van der Waals surface area contributed by atoms with Crippen molar-refractivity contribution in [3.05, 3.63) is 58.4 Å². The number of carbonyl (C=O) groups is 1. The van der Waals surface area contributed by atoms with E-state index in [-0.39, 0.29) is 10.9 Å². The molecule has 0 bridgehead atoms. The van der Waals surface area contributed by atoms with Gasteiger partial charge in [-0.2, -0.15) is 0 Å². The average Bonchev–Trinajstić information content (AvgIpc) is 2.92. The molecule has 1 aromatic heterocycles. The maximum atomic E-state index is 13.3. The predicted molar refractivity (Wildman–Crippen MR) is 76.0 cm³/mol. The number of hydrogen-bond acceptors (Lipinski definition) is 3. The van der Waals surface area contributed by atoms with Gasteiger partial charge in [0.2, 0.25) is 5.91 Å². The van der Waals surface area contributed by atoms with Crippen molar-refractivity contribution in [2.75, 3.05) is 0 Å². The Bertz CT molecular complexity index is 667. The largest absolute Gasteiger partial charge is 0.332 e. The molecule has 0 radical (unpaired) electrons. The van der Waals surface area contributed by atoms with Crippen LogP contribution in [0.15, 0.2) is 30.7 Å². The van der Waals surface area contributed by atoms with Crippen molar-refractivity contribution in [2.45, 2.75) is 25.9 Å². The van der Waals surface area contributed by atoms with Gasteiger partial charge in [0.15, 0.2) is 0 Å². The molecule has 1 amide bonds. The Morgan fingerprint density at radius 3 is 3.00 bits per heavy atom. The Hall–Kier alpha value is -2.01. The number of amides is 1. The predicted octanol–water partition coefficient (Wildman–Crippen LogP) is 2.74. The molecule has 0 unspecified atom stereocenters. The summed E-state index contributed by atoms with van der Waals surface area (Å²) in [6, 6.07) is 4.63. The number of aryl methyl sites for hydroxylation is 1. The highest BCUT2D eigenvalue weighted by molar-refractivity contribution is 6.30. The zero-order chi connectivity index (χ0) is 14.8. The van der Waals surface area contributed by atoms with Gasteiger partial charge in [-0.3, -0.25) is 4.79 Å². The van der Waals surface area contributed by atoms with Crippen LogP contribution in [0.2, 0.25) is 5.02 Å². The van der Waals surface area contributed by atoms with Crippen molar-refractivity contribution in [3.63, 3.8) is 0 Å². The molecule has 2 aromatic rings. The van der Waals surface area contributed by atoms with E-state index in [1.54, 1.807) is 17.2 Å². The highest BCUT2D eigenvalue weighted by Crippen LogP contribution is 2.21. The number of halogens is 2. The van der Waals surface area contributed by atoms with Gasteiger partial charge in [0.1, 0.15) is 12.1 Å². The third kappa shape index (κ3) is 3.03. The van der Waals surface area contributed by atoms with Crippen LogP contribution in [-0.2, 0) is 24.3 Å². The summed E-state index contributed by atoms with van der Waals surface area (Å²) in [4.78, 5) is 22.1. The molecule has 6 heteroatoms. The molecule has 0 atom stereocenters. The third-order valence-corrected chi connectivity index (χ3v) is 3.85. The Kier molecular flexibility index (Phi) is 3.84. The van der Waals surface area contributed by atoms with Crippen LogP contribution in [0.4, 0.5) is 4.39 Å². The van der Waals surface area contributed by atoms with Crippen molar-refractivity contribution in [1.29, 1.82) is 0 Å². The van der Waals surface area contributed by atoms with Crippen molar-refractivity contribution in [1.82, 2.24) is 14.9 Å². The molecule has 0 saturated heterocycles. The van der Waals surface area contributed by atoms with Crippen LogP contribution >= 0.6 is 11.6 Å². The lowest BCUT2D eigenvalue weighted by Crippen LogP contribution is -2.25. The lowest BCUT2D eigenvalue weighted by Gasteiger charge is -2.14. The summed E-state index contributed by atoms with van der Waals surface area (Å²) in [5.74, 6) is -0.422. The molecule has 3 rings (SSSR count). The smallest absolute Gasteiger partial charge is 0.223 e. The Balaban J connectivity index is 1.59. The monoisotopic (exact) mass is 305 g/mol. The van der Waals surface area contributed by atoms with Gasteiger partial charge in [0, 0.05) is 24.7 Å². The van der Waals surface area contributed by atoms with Gasteiger partial charge < -0.3 is 4.90 Å². The molecule has 0 aliphatic carbocycles. The van der Waals surface area contributed by atoms with Crippen molar-refractivity contribution >= 4 is 17.5 Å². The molecule has 4 nitrogen and oxygen atoms in total. The molecule has 2 heterocycles. The van der Waals surface area contributed by atoms with Crippen LogP contribution in [0.3, 0.4) is 0 Å². The maximum Gasteiger partial charge on any atom is 0.223 e. The molecule has 21 heavy (non-hydrogen) atoms. The van der Waals surface area contributed by atoms with E-state index in [0.717, 1.165) is 16.8 Å². The van der Waals surface area contributed by atoms with Crippen LogP contribution < -0.4 is 0 Å². The quantitative estimate of drug-likeness (QED) is 0.876. The van der Waals surface area contributed by atoms with E-state index >= 15 is 0 Å². The van der Waals surface area contributed by atoms with Gasteiger partial charge in [-0.05, 0) is 24.1 Å². The first-order valence-electron chi connectivity index (χ1n) is 6.63. The number of aromatic nitrogens is 2. The molecule has 108 valence electrons.